The van der Waals surface area contributed by atoms with Crippen LogP contribution < -0.4 is 15.4 Å². The van der Waals surface area contributed by atoms with Crippen LogP contribution in [0.25, 0.3) is 0 Å². The molecule has 0 radical (unpaired) electrons. The number of nitrogens with zero attached hydrogens (tertiary/aromatic N) is 3. The van der Waals surface area contributed by atoms with Crippen molar-refractivity contribution in [3.63, 3.8) is 0 Å². The van der Waals surface area contributed by atoms with Crippen LogP contribution in [-0.4, -0.2) is 46.2 Å². The Hall–Kier alpha value is -1.45. The summed E-state index contributed by atoms with van der Waals surface area (Å²) < 4.78 is 5.27. The number of hydrogen-bond acceptors (Lipinski definition) is 6. The first kappa shape index (κ1) is 13.6. The number of nitrogen functional groups attached to an aromatic ring is 1. The van der Waals surface area contributed by atoms with Crippen molar-refractivity contribution in [1.82, 2.24) is 4.90 Å². The summed E-state index contributed by atoms with van der Waals surface area (Å²) in [4.78, 5) is 4.67. The number of likely N-dealkylation sites (N-methyl/N-ethyl adjacent to an activating group) is 2. The first-order valence-electron chi connectivity index (χ1n) is 5.23. The van der Waals surface area contributed by atoms with Crippen LogP contribution in [0.5, 0.6) is 5.75 Å². The molecule has 0 spiro atoms. The molecule has 0 aliphatic rings. The molecule has 17 heavy (non-hydrogen) atoms. The first-order valence-corrected chi connectivity index (χ1v) is 6.05. The van der Waals surface area contributed by atoms with Crippen LogP contribution >= 0.6 is 11.3 Å². The summed E-state index contributed by atoms with van der Waals surface area (Å²) in [7, 11) is 7.59. The Kier molecular flexibility index (Phi) is 4.61. The van der Waals surface area contributed by atoms with E-state index in [0.29, 0.717) is 16.3 Å². The topological polar surface area (TPSA) is 65.5 Å². The minimum atomic E-state index is 0.437. The molecule has 0 saturated carbocycles. The molecule has 1 rings (SSSR count). The van der Waals surface area contributed by atoms with Crippen LogP contribution in [-0.2, 0) is 0 Å². The number of methoxy groups -OCH3 is 1. The van der Waals surface area contributed by atoms with E-state index in [1.807, 2.05) is 21.1 Å². The van der Waals surface area contributed by atoms with Crippen molar-refractivity contribution in [2.75, 3.05) is 52.0 Å². The van der Waals surface area contributed by atoms with Gasteiger partial charge in [0.2, 0.25) is 0 Å². The second kappa shape index (κ2) is 5.75. The number of rotatable bonds is 5. The second-order valence-electron chi connectivity index (χ2n) is 4.02. The van der Waals surface area contributed by atoms with Crippen molar-refractivity contribution in [2.24, 2.45) is 0 Å². The minimum absolute atomic E-state index is 0.437. The summed E-state index contributed by atoms with van der Waals surface area (Å²) >= 11 is 1.37. The fraction of sp³-hybridized carbons (Fsp3) is 0.545. The predicted octanol–water partition coefficient (Wildman–Crippen LogP) is 1.21. The molecule has 0 fully saturated rings. The van der Waals surface area contributed by atoms with Crippen LogP contribution in [0.3, 0.4) is 0 Å². The maximum Gasteiger partial charge on any atom is 0.177 e. The standard InChI is InChI=1S/C11H18N4OS/c1-14(2)5-6-15(3)11-10(16-4)9(13)8(7-12)17-11/h5-6,13H2,1-4H3. The molecule has 0 aromatic carbocycles. The Bertz CT molecular complexity index is 422. The Morgan fingerprint density at radius 3 is 2.47 bits per heavy atom. The van der Waals surface area contributed by atoms with Crippen LogP contribution in [0, 0.1) is 11.3 Å². The molecule has 0 amide bonds. The Morgan fingerprint density at radius 1 is 1.35 bits per heavy atom. The average Bonchev–Trinajstić information content (AvgIpc) is 2.62. The molecule has 0 atom stereocenters. The van der Waals surface area contributed by atoms with E-state index < -0.39 is 0 Å². The third-order valence-electron chi connectivity index (χ3n) is 2.42. The molecule has 5 nitrogen and oxygen atoms in total. The van der Waals surface area contributed by atoms with Crippen molar-refractivity contribution in [1.29, 1.82) is 5.26 Å². The zero-order valence-electron chi connectivity index (χ0n) is 10.6. The lowest BCUT2D eigenvalue weighted by Crippen LogP contribution is -2.28. The average molecular weight is 254 g/mol. The number of nitriles is 1. The second-order valence-corrected chi connectivity index (χ2v) is 5.02. The summed E-state index contributed by atoms with van der Waals surface area (Å²) in [6.45, 7) is 1.79. The van der Waals surface area contributed by atoms with Gasteiger partial charge in [-0.1, -0.05) is 0 Å². The maximum atomic E-state index is 8.95. The van der Waals surface area contributed by atoms with E-state index in [1.165, 1.54) is 11.3 Å². The molecule has 0 saturated heterocycles. The van der Waals surface area contributed by atoms with E-state index in [0.717, 1.165) is 18.1 Å². The summed E-state index contributed by atoms with van der Waals surface area (Å²) in [5.41, 5.74) is 6.28. The zero-order chi connectivity index (χ0) is 13.0. The molecule has 1 aromatic heterocycles. The van der Waals surface area contributed by atoms with Crippen molar-refractivity contribution < 1.29 is 4.74 Å². The molecule has 1 heterocycles. The molecule has 1 aromatic rings. The predicted molar refractivity (Wildman–Crippen MR) is 71.8 cm³/mol. The SMILES string of the molecule is COc1c(N(C)CCN(C)C)sc(C#N)c1N. The summed E-state index contributed by atoms with van der Waals surface area (Å²) in [6.07, 6.45) is 0. The van der Waals surface area contributed by atoms with Gasteiger partial charge in [0.05, 0.1) is 7.11 Å². The molecule has 0 bridgehead atoms. The fourth-order valence-electron chi connectivity index (χ4n) is 1.40. The van der Waals surface area contributed by atoms with Crippen molar-refractivity contribution in [3.8, 4) is 11.8 Å². The number of nitrogens with two attached hydrogens (primary N) is 1. The van der Waals surface area contributed by atoms with E-state index in [9.17, 15) is 0 Å². The summed E-state index contributed by atoms with van der Waals surface area (Å²) in [6, 6.07) is 2.09. The van der Waals surface area contributed by atoms with Gasteiger partial charge in [0, 0.05) is 20.1 Å². The van der Waals surface area contributed by atoms with Crippen LogP contribution in [0.15, 0.2) is 0 Å². The van der Waals surface area contributed by atoms with Gasteiger partial charge in [-0.25, -0.2) is 0 Å². The molecule has 94 valence electrons. The van der Waals surface area contributed by atoms with Crippen LogP contribution in [0.1, 0.15) is 4.88 Å². The van der Waals surface area contributed by atoms with Crippen LogP contribution in [0.4, 0.5) is 10.7 Å². The quantitative estimate of drug-likeness (QED) is 0.855. The fourth-order valence-corrected chi connectivity index (χ4v) is 2.37. The molecule has 0 aliphatic carbocycles. The van der Waals surface area contributed by atoms with Gasteiger partial charge in [0.15, 0.2) is 5.75 Å². The molecule has 6 heteroatoms. The lowest BCUT2D eigenvalue weighted by molar-refractivity contribution is 0.408. The van der Waals surface area contributed by atoms with Gasteiger partial charge in [-0.05, 0) is 14.1 Å². The number of hydrogen-bond donors (Lipinski definition) is 1. The van der Waals surface area contributed by atoms with E-state index in [1.54, 1.807) is 7.11 Å². The molecule has 0 unspecified atom stereocenters. The van der Waals surface area contributed by atoms with Gasteiger partial charge in [0.1, 0.15) is 21.6 Å². The van der Waals surface area contributed by atoms with E-state index in [2.05, 4.69) is 15.9 Å². The highest BCUT2D eigenvalue weighted by atomic mass is 32.1. The van der Waals surface area contributed by atoms with Gasteiger partial charge in [-0.2, -0.15) is 5.26 Å². The van der Waals surface area contributed by atoms with Crippen LogP contribution in [0.2, 0.25) is 0 Å². The Balaban J connectivity index is 2.93. The lowest BCUT2D eigenvalue weighted by Gasteiger charge is -2.20. The minimum Gasteiger partial charge on any atom is -0.492 e. The largest absolute Gasteiger partial charge is 0.492 e. The van der Waals surface area contributed by atoms with Crippen molar-refractivity contribution >= 4 is 22.0 Å². The normalized spacial score (nSPS) is 10.4. The Labute approximate surface area is 106 Å². The number of anilines is 2. The molecular formula is C11H18N4OS. The maximum absolute atomic E-state index is 8.95. The van der Waals surface area contributed by atoms with Gasteiger partial charge < -0.3 is 20.3 Å². The van der Waals surface area contributed by atoms with Crippen molar-refractivity contribution in [3.05, 3.63) is 4.88 Å². The lowest BCUT2D eigenvalue weighted by atomic mass is 10.3. The highest BCUT2D eigenvalue weighted by molar-refractivity contribution is 7.17. The smallest absolute Gasteiger partial charge is 0.177 e. The third kappa shape index (κ3) is 3.02. The van der Waals surface area contributed by atoms with Gasteiger partial charge in [-0.3, -0.25) is 0 Å². The molecule has 2 N–H and O–H groups in total. The van der Waals surface area contributed by atoms with E-state index >= 15 is 0 Å². The number of ether oxygens (including phenoxy) is 1. The van der Waals surface area contributed by atoms with Gasteiger partial charge in [0.25, 0.3) is 0 Å². The highest BCUT2D eigenvalue weighted by Crippen LogP contribution is 2.43. The summed E-state index contributed by atoms with van der Waals surface area (Å²) in [5.74, 6) is 0.604. The third-order valence-corrected chi connectivity index (χ3v) is 3.62. The first-order chi connectivity index (χ1) is 8.01. The molecular weight excluding hydrogens is 236 g/mol. The zero-order valence-corrected chi connectivity index (χ0v) is 11.5. The Morgan fingerprint density at radius 2 is 2.00 bits per heavy atom. The number of thiophene rings is 1. The van der Waals surface area contributed by atoms with Crippen molar-refractivity contribution in [2.45, 2.75) is 0 Å². The van der Waals surface area contributed by atoms with Gasteiger partial charge in [-0.15, -0.1) is 11.3 Å². The monoisotopic (exact) mass is 254 g/mol. The van der Waals surface area contributed by atoms with Gasteiger partial charge >= 0.3 is 0 Å². The summed E-state index contributed by atoms with van der Waals surface area (Å²) in [5, 5.41) is 9.86. The highest BCUT2D eigenvalue weighted by Gasteiger charge is 2.19. The molecule has 0 aliphatic heterocycles. The van der Waals surface area contributed by atoms with E-state index in [4.69, 9.17) is 15.7 Å². The van der Waals surface area contributed by atoms with E-state index in [-0.39, 0.29) is 0 Å².